The Morgan fingerprint density at radius 3 is 2.29 bits per heavy atom. The van der Waals surface area contributed by atoms with Crippen molar-refractivity contribution < 1.29 is 4.74 Å². The van der Waals surface area contributed by atoms with Crippen LogP contribution in [0.3, 0.4) is 0 Å². The first-order valence-corrected chi connectivity index (χ1v) is 10.6. The Balaban J connectivity index is 1.69. The molecular weight excluding hydrogens is 406 g/mol. The van der Waals surface area contributed by atoms with Crippen LogP contribution < -0.4 is 4.74 Å². The molecule has 0 radical (unpaired) electrons. The minimum Gasteiger partial charge on any atom is -0.497 e. The zero-order valence-corrected chi connectivity index (χ0v) is 18.2. The number of benzene rings is 3. The number of methoxy groups -OCH3 is 1. The van der Waals surface area contributed by atoms with Crippen molar-refractivity contribution in [1.29, 1.82) is 0 Å². The normalized spacial score (nSPS) is 15.3. The summed E-state index contributed by atoms with van der Waals surface area (Å²) >= 11 is 6.13. The molecule has 31 heavy (non-hydrogen) atoms. The third-order valence-corrected chi connectivity index (χ3v) is 5.98. The third kappa shape index (κ3) is 3.64. The number of aromatic nitrogens is 2. The number of halogens is 1. The third-order valence-electron chi connectivity index (χ3n) is 5.72. The second-order valence-electron chi connectivity index (χ2n) is 7.65. The molecule has 1 aliphatic heterocycles. The van der Waals surface area contributed by atoms with Crippen molar-refractivity contribution in [3.63, 3.8) is 0 Å². The van der Waals surface area contributed by atoms with E-state index >= 15 is 0 Å². The maximum Gasteiger partial charge on any atom is 0.159 e. The number of hydrogen-bond acceptors (Lipinski definition) is 3. The molecule has 0 unspecified atom stereocenters. The summed E-state index contributed by atoms with van der Waals surface area (Å²) in [5.41, 5.74) is 6.43. The van der Waals surface area contributed by atoms with Crippen LogP contribution in [0.4, 0.5) is 5.82 Å². The molecule has 1 aliphatic rings. The molecule has 0 N–H and O–H groups in total. The Hall–Kier alpha value is -3.37. The summed E-state index contributed by atoms with van der Waals surface area (Å²) in [5, 5.41) is 5.64. The fourth-order valence-corrected chi connectivity index (χ4v) is 4.28. The van der Waals surface area contributed by atoms with Crippen LogP contribution in [0, 0.1) is 6.92 Å². The van der Waals surface area contributed by atoms with E-state index in [2.05, 4.69) is 41.1 Å². The molecule has 0 saturated heterocycles. The summed E-state index contributed by atoms with van der Waals surface area (Å²) in [7, 11) is 1.68. The minimum absolute atomic E-state index is 0.0494. The first-order valence-electron chi connectivity index (χ1n) is 10.3. The standard InChI is InChI=1S/C26H22ClN3O/c1-17-25(20-8-12-21(27)13-9-20)26-28-23(18-6-4-3-5-7-18)16-24(30(26)29-17)19-10-14-22(31-2)15-11-19/h3-15,24H,16H2,1-2H3/t24-/m0/s1. The number of aliphatic imine (C=N–C) groups is 1. The van der Waals surface area contributed by atoms with E-state index in [1.807, 2.05) is 49.4 Å². The molecule has 2 heterocycles. The van der Waals surface area contributed by atoms with Gasteiger partial charge in [-0.15, -0.1) is 0 Å². The van der Waals surface area contributed by atoms with Crippen LogP contribution in [0.25, 0.3) is 11.1 Å². The molecule has 4 aromatic rings. The summed E-state index contributed by atoms with van der Waals surface area (Å²) < 4.78 is 7.41. The number of nitrogens with zero attached hydrogens (tertiary/aromatic N) is 3. The van der Waals surface area contributed by atoms with Crippen LogP contribution in [0.5, 0.6) is 5.75 Å². The summed E-state index contributed by atoms with van der Waals surface area (Å²) in [6.45, 7) is 2.04. The lowest BCUT2D eigenvalue weighted by Crippen LogP contribution is -2.21. The Morgan fingerprint density at radius 2 is 1.61 bits per heavy atom. The van der Waals surface area contributed by atoms with Gasteiger partial charge in [-0.3, -0.25) is 0 Å². The highest BCUT2D eigenvalue weighted by molar-refractivity contribution is 6.30. The molecule has 5 rings (SSSR count). The van der Waals surface area contributed by atoms with E-state index in [-0.39, 0.29) is 6.04 Å². The van der Waals surface area contributed by atoms with Crippen LogP contribution in [0.1, 0.15) is 29.3 Å². The highest BCUT2D eigenvalue weighted by Crippen LogP contribution is 2.42. The van der Waals surface area contributed by atoms with Gasteiger partial charge in [0.15, 0.2) is 5.82 Å². The Kier molecular flexibility index (Phi) is 5.08. The van der Waals surface area contributed by atoms with Gasteiger partial charge in [0.2, 0.25) is 0 Å². The average Bonchev–Trinajstić information content (AvgIpc) is 3.15. The lowest BCUT2D eigenvalue weighted by atomic mass is 9.95. The van der Waals surface area contributed by atoms with Crippen LogP contribution in [-0.2, 0) is 0 Å². The molecule has 0 bridgehead atoms. The fraction of sp³-hybridized carbons (Fsp3) is 0.154. The Morgan fingerprint density at radius 1 is 0.903 bits per heavy atom. The molecule has 0 amide bonds. The molecule has 154 valence electrons. The van der Waals surface area contributed by atoms with Gasteiger partial charge in [-0.2, -0.15) is 5.10 Å². The van der Waals surface area contributed by atoms with E-state index < -0.39 is 0 Å². The zero-order chi connectivity index (χ0) is 21.4. The predicted octanol–water partition coefficient (Wildman–Crippen LogP) is 6.63. The number of aryl methyl sites for hydroxylation is 1. The summed E-state index contributed by atoms with van der Waals surface area (Å²) in [4.78, 5) is 5.10. The molecule has 1 atom stereocenters. The van der Waals surface area contributed by atoms with Crippen molar-refractivity contribution in [3.8, 4) is 16.9 Å². The van der Waals surface area contributed by atoms with E-state index in [9.17, 15) is 0 Å². The zero-order valence-electron chi connectivity index (χ0n) is 17.4. The van der Waals surface area contributed by atoms with Gasteiger partial charge < -0.3 is 4.74 Å². The quantitative estimate of drug-likeness (QED) is 0.366. The first-order chi connectivity index (χ1) is 15.1. The van der Waals surface area contributed by atoms with E-state index in [4.69, 9.17) is 26.4 Å². The van der Waals surface area contributed by atoms with Crippen molar-refractivity contribution in [2.24, 2.45) is 4.99 Å². The van der Waals surface area contributed by atoms with Gasteiger partial charge >= 0.3 is 0 Å². The maximum absolute atomic E-state index is 6.13. The van der Waals surface area contributed by atoms with Gasteiger partial charge in [0.1, 0.15) is 5.75 Å². The number of rotatable bonds is 4. The van der Waals surface area contributed by atoms with Crippen LogP contribution in [0.2, 0.25) is 5.02 Å². The van der Waals surface area contributed by atoms with E-state index in [1.54, 1.807) is 7.11 Å². The highest BCUT2D eigenvalue weighted by Gasteiger charge is 2.29. The molecule has 3 aromatic carbocycles. The smallest absolute Gasteiger partial charge is 0.159 e. The van der Waals surface area contributed by atoms with Crippen molar-refractivity contribution in [2.45, 2.75) is 19.4 Å². The molecule has 5 heteroatoms. The highest BCUT2D eigenvalue weighted by atomic mass is 35.5. The maximum atomic E-state index is 6.13. The van der Waals surface area contributed by atoms with Crippen LogP contribution in [0.15, 0.2) is 83.9 Å². The number of hydrogen-bond donors (Lipinski definition) is 0. The lowest BCUT2D eigenvalue weighted by Gasteiger charge is -2.25. The van der Waals surface area contributed by atoms with Gasteiger partial charge in [-0.1, -0.05) is 66.2 Å². The summed E-state index contributed by atoms with van der Waals surface area (Å²) in [6, 6.07) is 26.5. The molecule has 0 spiro atoms. The van der Waals surface area contributed by atoms with Crippen LogP contribution in [-0.4, -0.2) is 22.6 Å². The summed E-state index contributed by atoms with van der Waals surface area (Å²) in [6.07, 6.45) is 0.768. The molecule has 1 aromatic heterocycles. The molecule has 0 aliphatic carbocycles. The van der Waals surface area contributed by atoms with Gasteiger partial charge in [-0.25, -0.2) is 9.67 Å². The molecule has 0 fully saturated rings. The van der Waals surface area contributed by atoms with E-state index in [0.29, 0.717) is 5.02 Å². The summed E-state index contributed by atoms with van der Waals surface area (Å²) in [5.74, 6) is 1.72. The van der Waals surface area contributed by atoms with Crippen molar-refractivity contribution in [1.82, 2.24) is 9.78 Å². The monoisotopic (exact) mass is 427 g/mol. The molecule has 0 saturated carbocycles. The number of ether oxygens (including phenoxy) is 1. The van der Waals surface area contributed by atoms with Crippen LogP contribution >= 0.6 is 11.6 Å². The largest absolute Gasteiger partial charge is 0.497 e. The Bertz CT molecular complexity index is 1240. The average molecular weight is 428 g/mol. The predicted molar refractivity (Wildman–Crippen MR) is 126 cm³/mol. The lowest BCUT2D eigenvalue weighted by molar-refractivity contribution is 0.414. The molecule has 4 nitrogen and oxygen atoms in total. The second kappa shape index (κ2) is 8.05. The number of fused-ring (bicyclic) bond motifs is 1. The Labute approximate surface area is 186 Å². The SMILES string of the molecule is COc1ccc([C@@H]2CC(c3ccccc3)=Nc3c(-c4ccc(Cl)cc4)c(C)nn32)cc1. The van der Waals surface area contributed by atoms with Crippen molar-refractivity contribution in [3.05, 3.63) is 101 Å². The topological polar surface area (TPSA) is 39.4 Å². The van der Waals surface area contributed by atoms with Gasteiger partial charge in [-0.05, 0) is 47.9 Å². The van der Waals surface area contributed by atoms with E-state index in [1.165, 1.54) is 5.56 Å². The minimum atomic E-state index is 0.0494. The van der Waals surface area contributed by atoms with Gasteiger partial charge in [0, 0.05) is 17.0 Å². The van der Waals surface area contributed by atoms with E-state index in [0.717, 1.165) is 46.1 Å². The van der Waals surface area contributed by atoms with Crippen molar-refractivity contribution >= 4 is 23.1 Å². The first kappa shape index (κ1) is 19.6. The fourth-order valence-electron chi connectivity index (χ4n) is 4.16. The van der Waals surface area contributed by atoms with Gasteiger partial charge in [0.05, 0.1) is 24.6 Å². The van der Waals surface area contributed by atoms with Crippen molar-refractivity contribution in [2.75, 3.05) is 7.11 Å². The van der Waals surface area contributed by atoms with Gasteiger partial charge in [0.25, 0.3) is 0 Å². The molecular formula is C26H22ClN3O. The second-order valence-corrected chi connectivity index (χ2v) is 8.09.